The summed E-state index contributed by atoms with van der Waals surface area (Å²) in [4.78, 5) is 29.7. The third-order valence-corrected chi connectivity index (χ3v) is 6.67. The first-order chi connectivity index (χ1) is 14.0. The Morgan fingerprint density at radius 3 is 2.69 bits per heavy atom. The van der Waals surface area contributed by atoms with Crippen LogP contribution in [0.2, 0.25) is 0 Å². The number of carbonyl (C=O) groups is 1. The highest BCUT2D eigenvalue weighted by Crippen LogP contribution is 2.29. The van der Waals surface area contributed by atoms with E-state index in [0.29, 0.717) is 21.8 Å². The Morgan fingerprint density at radius 2 is 1.97 bits per heavy atom. The number of imidazole rings is 1. The molecule has 2 aromatic heterocycles. The van der Waals surface area contributed by atoms with Gasteiger partial charge in [-0.15, -0.1) is 0 Å². The number of benzene rings is 2. The SMILES string of the molecule is CCOC(=O)COc1c(I)cc(/C=c2\sc3nc4ccccc4n3c2=O)cc1I. The van der Waals surface area contributed by atoms with Crippen LogP contribution >= 0.6 is 56.5 Å². The number of carbonyl (C=O) groups excluding carboxylic acids is 1. The van der Waals surface area contributed by atoms with Crippen molar-refractivity contribution in [3.63, 3.8) is 0 Å². The molecule has 0 atom stereocenters. The van der Waals surface area contributed by atoms with E-state index in [4.69, 9.17) is 9.47 Å². The van der Waals surface area contributed by atoms with E-state index >= 15 is 0 Å². The van der Waals surface area contributed by atoms with Gasteiger partial charge in [-0.2, -0.15) is 0 Å². The van der Waals surface area contributed by atoms with Gasteiger partial charge >= 0.3 is 5.97 Å². The molecule has 2 aromatic carbocycles. The number of para-hydroxylation sites is 2. The fourth-order valence-corrected chi connectivity index (χ4v) is 6.01. The largest absolute Gasteiger partial charge is 0.480 e. The van der Waals surface area contributed by atoms with E-state index < -0.39 is 5.97 Å². The van der Waals surface area contributed by atoms with Gasteiger partial charge in [0.1, 0.15) is 5.75 Å². The number of esters is 1. The summed E-state index contributed by atoms with van der Waals surface area (Å²) in [6, 6.07) is 11.4. The third-order valence-electron chi connectivity index (χ3n) is 4.10. The van der Waals surface area contributed by atoms with E-state index in [0.717, 1.165) is 23.7 Å². The minimum absolute atomic E-state index is 0.0775. The fourth-order valence-electron chi connectivity index (χ4n) is 2.90. The number of halogens is 2. The van der Waals surface area contributed by atoms with Gasteiger partial charge in [0.25, 0.3) is 5.56 Å². The Hall–Kier alpha value is -1.73. The molecule has 0 fully saturated rings. The van der Waals surface area contributed by atoms with Crippen molar-refractivity contribution in [2.75, 3.05) is 13.2 Å². The molecule has 6 nitrogen and oxygen atoms in total. The highest BCUT2D eigenvalue weighted by Gasteiger charge is 2.13. The normalized spacial score (nSPS) is 12.0. The second-order valence-electron chi connectivity index (χ2n) is 6.04. The van der Waals surface area contributed by atoms with Crippen molar-refractivity contribution in [3.8, 4) is 5.75 Å². The molecular weight excluding hydrogens is 618 g/mol. The Labute approximate surface area is 196 Å². The molecule has 4 rings (SSSR count). The van der Waals surface area contributed by atoms with Gasteiger partial charge in [-0.3, -0.25) is 4.79 Å². The Kier molecular flexibility index (Phi) is 6.06. The van der Waals surface area contributed by atoms with E-state index in [9.17, 15) is 9.59 Å². The van der Waals surface area contributed by atoms with E-state index in [1.807, 2.05) is 42.5 Å². The minimum atomic E-state index is -0.403. The maximum absolute atomic E-state index is 12.9. The molecule has 0 amide bonds. The molecule has 0 aliphatic rings. The molecule has 2 heterocycles. The summed E-state index contributed by atoms with van der Waals surface area (Å²) in [5.74, 6) is 0.227. The highest BCUT2D eigenvalue weighted by atomic mass is 127. The first-order valence-corrected chi connectivity index (χ1v) is 11.6. The first kappa shape index (κ1) is 20.5. The lowest BCUT2D eigenvalue weighted by molar-refractivity contribution is -0.145. The van der Waals surface area contributed by atoms with E-state index in [-0.39, 0.29) is 12.2 Å². The lowest BCUT2D eigenvalue weighted by atomic mass is 10.2. The molecule has 0 spiro atoms. The van der Waals surface area contributed by atoms with Gasteiger partial charge in [-0.05, 0) is 88.0 Å². The van der Waals surface area contributed by atoms with E-state index in [1.165, 1.54) is 11.3 Å². The molecule has 0 unspecified atom stereocenters. The average Bonchev–Trinajstić information content (AvgIpc) is 3.18. The second kappa shape index (κ2) is 8.56. The number of ether oxygens (including phenoxy) is 2. The quantitative estimate of drug-likeness (QED) is 0.249. The van der Waals surface area contributed by atoms with Crippen LogP contribution in [0.1, 0.15) is 12.5 Å². The number of rotatable bonds is 5. The number of aromatic nitrogens is 2. The minimum Gasteiger partial charge on any atom is -0.480 e. The molecule has 0 bridgehead atoms. The summed E-state index contributed by atoms with van der Waals surface area (Å²) in [5.41, 5.74) is 2.43. The lowest BCUT2D eigenvalue weighted by Crippen LogP contribution is -2.22. The maximum atomic E-state index is 12.9. The van der Waals surface area contributed by atoms with Crippen LogP contribution in [0, 0.1) is 7.14 Å². The van der Waals surface area contributed by atoms with Crippen LogP contribution in [-0.2, 0) is 9.53 Å². The van der Waals surface area contributed by atoms with Crippen molar-refractivity contribution in [1.82, 2.24) is 9.38 Å². The zero-order valence-electron chi connectivity index (χ0n) is 15.1. The summed E-state index contributed by atoms with van der Waals surface area (Å²) >= 11 is 5.69. The predicted molar refractivity (Wildman–Crippen MR) is 130 cm³/mol. The van der Waals surface area contributed by atoms with Gasteiger partial charge in [-0.25, -0.2) is 14.2 Å². The summed E-state index contributed by atoms with van der Waals surface area (Å²) in [5, 5.41) is 0. The lowest BCUT2D eigenvalue weighted by Gasteiger charge is -2.10. The van der Waals surface area contributed by atoms with Crippen LogP contribution in [0.5, 0.6) is 5.75 Å². The number of hydrogen-bond acceptors (Lipinski definition) is 6. The monoisotopic (exact) mass is 632 g/mol. The number of fused-ring (bicyclic) bond motifs is 3. The van der Waals surface area contributed by atoms with Crippen LogP contribution in [0.25, 0.3) is 22.1 Å². The van der Waals surface area contributed by atoms with Crippen molar-refractivity contribution in [3.05, 3.63) is 64.0 Å². The first-order valence-electron chi connectivity index (χ1n) is 8.67. The smallest absolute Gasteiger partial charge is 0.344 e. The Balaban J connectivity index is 1.70. The third kappa shape index (κ3) is 4.12. The molecule has 0 saturated heterocycles. The van der Waals surface area contributed by atoms with Crippen LogP contribution in [0.15, 0.2) is 41.2 Å². The summed E-state index contributed by atoms with van der Waals surface area (Å²) in [6.07, 6.45) is 1.86. The number of thiazole rings is 1. The second-order valence-corrected chi connectivity index (χ2v) is 9.38. The molecule has 0 radical (unpaired) electrons. The molecule has 4 aromatic rings. The Morgan fingerprint density at radius 1 is 1.24 bits per heavy atom. The average molecular weight is 632 g/mol. The van der Waals surface area contributed by atoms with Crippen molar-refractivity contribution < 1.29 is 14.3 Å². The maximum Gasteiger partial charge on any atom is 0.344 e. The summed E-state index contributed by atoms with van der Waals surface area (Å²) in [6.45, 7) is 1.94. The van der Waals surface area contributed by atoms with Gasteiger partial charge in [0.15, 0.2) is 11.6 Å². The zero-order valence-corrected chi connectivity index (χ0v) is 20.3. The van der Waals surface area contributed by atoms with Crippen molar-refractivity contribution in [1.29, 1.82) is 0 Å². The van der Waals surface area contributed by atoms with Crippen molar-refractivity contribution in [2.45, 2.75) is 6.92 Å². The molecule has 9 heteroatoms. The van der Waals surface area contributed by atoms with Crippen molar-refractivity contribution >= 4 is 84.6 Å². The molecule has 0 aliphatic heterocycles. The van der Waals surface area contributed by atoms with E-state index in [2.05, 4.69) is 50.2 Å². The zero-order chi connectivity index (χ0) is 20.5. The number of hydrogen-bond donors (Lipinski definition) is 0. The van der Waals surface area contributed by atoms with Crippen LogP contribution in [0.4, 0.5) is 0 Å². The van der Waals surface area contributed by atoms with Gasteiger partial charge < -0.3 is 9.47 Å². The van der Waals surface area contributed by atoms with Crippen LogP contribution < -0.4 is 14.8 Å². The predicted octanol–water partition coefficient (Wildman–Crippen LogP) is 3.61. The molecule has 148 valence electrons. The van der Waals surface area contributed by atoms with Gasteiger partial charge in [-0.1, -0.05) is 23.5 Å². The topological polar surface area (TPSA) is 69.9 Å². The van der Waals surface area contributed by atoms with Gasteiger partial charge in [0.05, 0.1) is 29.3 Å². The highest BCUT2D eigenvalue weighted by molar-refractivity contribution is 14.1. The molecule has 29 heavy (non-hydrogen) atoms. The Bertz CT molecular complexity index is 1320. The molecule has 0 saturated carbocycles. The number of nitrogens with zero attached hydrogens (tertiary/aromatic N) is 2. The van der Waals surface area contributed by atoms with Crippen molar-refractivity contribution in [2.24, 2.45) is 0 Å². The van der Waals surface area contributed by atoms with Crippen LogP contribution in [-0.4, -0.2) is 28.6 Å². The standard InChI is InChI=1S/C20H14I2N2O4S/c1-2-27-17(25)10-28-18-12(21)7-11(8-13(18)22)9-16-19(26)24-15-6-4-3-5-14(15)23-20(24)29-16/h3-9H,2,10H2,1H3/b16-9-. The van der Waals surface area contributed by atoms with Gasteiger partial charge in [0.2, 0.25) is 0 Å². The molecule has 0 aliphatic carbocycles. The fraction of sp³-hybridized carbons (Fsp3) is 0.150. The summed E-state index contributed by atoms with van der Waals surface area (Å²) < 4.78 is 14.5. The molecular formula is C20H14I2N2O4S. The van der Waals surface area contributed by atoms with Crippen LogP contribution in [0.3, 0.4) is 0 Å². The van der Waals surface area contributed by atoms with Gasteiger partial charge in [0, 0.05) is 0 Å². The molecule has 0 N–H and O–H groups in total. The summed E-state index contributed by atoms with van der Waals surface area (Å²) in [7, 11) is 0. The van der Waals surface area contributed by atoms with E-state index in [1.54, 1.807) is 11.3 Å².